The third kappa shape index (κ3) is 4.28. The predicted molar refractivity (Wildman–Crippen MR) is 74.0 cm³/mol. The Labute approximate surface area is 109 Å². The molecule has 2 atom stereocenters. The molecular weight excluding hydrogens is 228 g/mol. The Hall–Kier alpha value is -1.71. The quantitative estimate of drug-likeness (QED) is 0.815. The van der Waals surface area contributed by atoms with Gasteiger partial charge in [-0.3, -0.25) is 4.79 Å². The molecule has 0 heterocycles. The number of anilines is 1. The molecule has 4 nitrogen and oxygen atoms in total. The summed E-state index contributed by atoms with van der Waals surface area (Å²) in [4.78, 5) is 11.8. The monoisotopic (exact) mass is 250 g/mol. The Kier molecular flexibility index (Phi) is 5.49. The number of benzene rings is 1. The van der Waals surface area contributed by atoms with Gasteiger partial charge < -0.3 is 15.4 Å². The van der Waals surface area contributed by atoms with E-state index in [1.54, 1.807) is 7.11 Å². The molecule has 0 spiro atoms. The van der Waals surface area contributed by atoms with Crippen LogP contribution in [0.5, 0.6) is 5.75 Å². The summed E-state index contributed by atoms with van der Waals surface area (Å²) in [7, 11) is 1.63. The molecule has 1 rings (SSSR count). The molecule has 0 aliphatic heterocycles. The molecule has 4 heteroatoms. The summed E-state index contributed by atoms with van der Waals surface area (Å²) in [6, 6.07) is 7.46. The van der Waals surface area contributed by atoms with Crippen molar-refractivity contribution in [3.8, 4) is 5.75 Å². The van der Waals surface area contributed by atoms with Crippen molar-refractivity contribution in [2.24, 2.45) is 0 Å². The van der Waals surface area contributed by atoms with E-state index >= 15 is 0 Å². The molecule has 0 radical (unpaired) electrons. The third-order valence-corrected chi connectivity index (χ3v) is 2.87. The maximum absolute atomic E-state index is 11.8. The Bertz CT molecular complexity index is 376. The van der Waals surface area contributed by atoms with Gasteiger partial charge in [0.1, 0.15) is 11.8 Å². The van der Waals surface area contributed by atoms with E-state index < -0.39 is 0 Å². The smallest absolute Gasteiger partial charge is 0.242 e. The summed E-state index contributed by atoms with van der Waals surface area (Å²) in [5, 5.41) is 6.10. The number of hydrogen-bond donors (Lipinski definition) is 2. The van der Waals surface area contributed by atoms with Gasteiger partial charge in [0.2, 0.25) is 5.91 Å². The molecule has 0 bridgehead atoms. The molecule has 1 aromatic carbocycles. The van der Waals surface area contributed by atoms with Crippen LogP contribution in [-0.2, 0) is 4.79 Å². The lowest BCUT2D eigenvalue weighted by Gasteiger charge is -2.18. The van der Waals surface area contributed by atoms with Crippen LogP contribution >= 0.6 is 0 Å². The average Bonchev–Trinajstić information content (AvgIpc) is 2.39. The highest BCUT2D eigenvalue weighted by atomic mass is 16.5. The summed E-state index contributed by atoms with van der Waals surface area (Å²) < 4.78 is 5.08. The van der Waals surface area contributed by atoms with Crippen molar-refractivity contribution in [1.29, 1.82) is 0 Å². The zero-order valence-electron chi connectivity index (χ0n) is 11.5. The SMILES string of the molecule is CCC(C)NC(=O)C(C)Nc1ccc(OC)cc1. The molecule has 0 aliphatic rings. The fraction of sp³-hybridized carbons (Fsp3) is 0.500. The summed E-state index contributed by atoms with van der Waals surface area (Å²) in [6.07, 6.45) is 0.932. The van der Waals surface area contributed by atoms with Gasteiger partial charge >= 0.3 is 0 Å². The van der Waals surface area contributed by atoms with E-state index in [1.807, 2.05) is 45.0 Å². The lowest BCUT2D eigenvalue weighted by atomic mass is 10.2. The minimum Gasteiger partial charge on any atom is -0.497 e. The van der Waals surface area contributed by atoms with Crippen molar-refractivity contribution in [2.45, 2.75) is 39.3 Å². The van der Waals surface area contributed by atoms with Gasteiger partial charge in [0, 0.05) is 11.7 Å². The van der Waals surface area contributed by atoms with Crippen LogP contribution in [0.3, 0.4) is 0 Å². The number of amides is 1. The van der Waals surface area contributed by atoms with Gasteiger partial charge in [0.25, 0.3) is 0 Å². The number of rotatable bonds is 6. The molecule has 0 saturated heterocycles. The summed E-state index contributed by atoms with van der Waals surface area (Å²) in [5.41, 5.74) is 0.905. The highest BCUT2D eigenvalue weighted by Gasteiger charge is 2.13. The average molecular weight is 250 g/mol. The second kappa shape index (κ2) is 6.89. The van der Waals surface area contributed by atoms with Crippen molar-refractivity contribution in [3.63, 3.8) is 0 Å². The standard InChI is InChI=1S/C14H22N2O2/c1-5-10(2)15-14(17)11(3)16-12-6-8-13(18-4)9-7-12/h6-11,16H,5H2,1-4H3,(H,15,17). The minimum atomic E-state index is -0.257. The summed E-state index contributed by atoms with van der Waals surface area (Å²) in [5.74, 6) is 0.817. The van der Waals surface area contributed by atoms with Gasteiger partial charge in [-0.05, 0) is 44.5 Å². The molecule has 1 aromatic rings. The second-order valence-electron chi connectivity index (χ2n) is 4.41. The number of carbonyl (C=O) groups is 1. The zero-order valence-corrected chi connectivity index (χ0v) is 11.5. The van der Waals surface area contributed by atoms with E-state index in [-0.39, 0.29) is 18.0 Å². The Morgan fingerprint density at radius 1 is 1.28 bits per heavy atom. The Morgan fingerprint density at radius 3 is 2.39 bits per heavy atom. The molecular formula is C14H22N2O2. The fourth-order valence-electron chi connectivity index (χ4n) is 1.47. The van der Waals surface area contributed by atoms with E-state index in [0.717, 1.165) is 17.9 Å². The van der Waals surface area contributed by atoms with E-state index in [1.165, 1.54) is 0 Å². The highest BCUT2D eigenvalue weighted by Crippen LogP contribution is 2.15. The van der Waals surface area contributed by atoms with Crippen molar-refractivity contribution >= 4 is 11.6 Å². The van der Waals surface area contributed by atoms with Crippen LogP contribution in [0, 0.1) is 0 Å². The maximum atomic E-state index is 11.8. The third-order valence-electron chi connectivity index (χ3n) is 2.87. The first-order chi connectivity index (χ1) is 8.56. The lowest BCUT2D eigenvalue weighted by Crippen LogP contribution is -2.41. The first-order valence-corrected chi connectivity index (χ1v) is 6.27. The lowest BCUT2D eigenvalue weighted by molar-refractivity contribution is -0.122. The number of ether oxygens (including phenoxy) is 1. The molecule has 0 aromatic heterocycles. The van der Waals surface area contributed by atoms with Gasteiger partial charge in [-0.15, -0.1) is 0 Å². The van der Waals surface area contributed by atoms with Gasteiger partial charge in [-0.25, -0.2) is 0 Å². The van der Waals surface area contributed by atoms with Crippen LogP contribution in [0.15, 0.2) is 24.3 Å². The Morgan fingerprint density at radius 2 is 1.89 bits per heavy atom. The number of hydrogen-bond acceptors (Lipinski definition) is 3. The van der Waals surface area contributed by atoms with Crippen LogP contribution in [0.2, 0.25) is 0 Å². The van der Waals surface area contributed by atoms with E-state index in [9.17, 15) is 4.79 Å². The molecule has 100 valence electrons. The largest absolute Gasteiger partial charge is 0.497 e. The van der Waals surface area contributed by atoms with Crippen LogP contribution in [-0.4, -0.2) is 25.1 Å². The summed E-state index contributed by atoms with van der Waals surface area (Å²) >= 11 is 0. The van der Waals surface area contributed by atoms with E-state index in [2.05, 4.69) is 10.6 Å². The van der Waals surface area contributed by atoms with E-state index in [4.69, 9.17) is 4.74 Å². The van der Waals surface area contributed by atoms with Gasteiger partial charge in [0.05, 0.1) is 7.11 Å². The topological polar surface area (TPSA) is 50.4 Å². The first kappa shape index (κ1) is 14.4. The maximum Gasteiger partial charge on any atom is 0.242 e. The van der Waals surface area contributed by atoms with Gasteiger partial charge in [0.15, 0.2) is 0 Å². The zero-order chi connectivity index (χ0) is 13.5. The van der Waals surface area contributed by atoms with Crippen molar-refractivity contribution in [2.75, 3.05) is 12.4 Å². The van der Waals surface area contributed by atoms with Crippen LogP contribution in [0.4, 0.5) is 5.69 Å². The van der Waals surface area contributed by atoms with Crippen molar-refractivity contribution < 1.29 is 9.53 Å². The summed E-state index contributed by atoms with van der Waals surface area (Å²) in [6.45, 7) is 5.90. The molecule has 0 aliphatic carbocycles. The Balaban J connectivity index is 2.52. The molecule has 18 heavy (non-hydrogen) atoms. The molecule has 1 amide bonds. The fourth-order valence-corrected chi connectivity index (χ4v) is 1.47. The number of carbonyl (C=O) groups excluding carboxylic acids is 1. The highest BCUT2D eigenvalue weighted by molar-refractivity contribution is 5.84. The molecule has 2 N–H and O–H groups in total. The normalized spacial score (nSPS) is 13.6. The minimum absolute atomic E-state index is 0.0140. The molecule has 0 saturated carbocycles. The van der Waals surface area contributed by atoms with Crippen LogP contribution in [0.25, 0.3) is 0 Å². The van der Waals surface area contributed by atoms with E-state index in [0.29, 0.717) is 0 Å². The first-order valence-electron chi connectivity index (χ1n) is 6.27. The van der Waals surface area contributed by atoms with Crippen LogP contribution in [0.1, 0.15) is 27.2 Å². The number of nitrogens with one attached hydrogen (secondary N) is 2. The van der Waals surface area contributed by atoms with Crippen molar-refractivity contribution in [3.05, 3.63) is 24.3 Å². The molecule has 2 unspecified atom stereocenters. The van der Waals surface area contributed by atoms with Gasteiger partial charge in [-0.2, -0.15) is 0 Å². The number of methoxy groups -OCH3 is 1. The predicted octanol–water partition coefficient (Wildman–Crippen LogP) is 2.41. The van der Waals surface area contributed by atoms with Crippen LogP contribution < -0.4 is 15.4 Å². The second-order valence-corrected chi connectivity index (χ2v) is 4.41. The van der Waals surface area contributed by atoms with Gasteiger partial charge in [-0.1, -0.05) is 6.92 Å². The molecule has 0 fully saturated rings. The van der Waals surface area contributed by atoms with Crippen molar-refractivity contribution in [1.82, 2.24) is 5.32 Å².